The summed E-state index contributed by atoms with van der Waals surface area (Å²) >= 11 is 0. The first-order chi connectivity index (χ1) is 8.04. The van der Waals surface area contributed by atoms with Crippen molar-refractivity contribution >= 4 is 12.6 Å². The summed E-state index contributed by atoms with van der Waals surface area (Å²) in [6.45, 7) is 11.2. The van der Waals surface area contributed by atoms with Crippen molar-refractivity contribution in [3.63, 3.8) is 0 Å². The highest BCUT2D eigenvalue weighted by Crippen LogP contribution is 2.14. The monoisotopic (exact) mass is 230 g/mol. The molecule has 0 aliphatic carbocycles. The molecule has 0 radical (unpaired) electrons. The van der Waals surface area contributed by atoms with E-state index in [2.05, 4.69) is 13.2 Å². The molecule has 0 atom stereocenters. The lowest BCUT2D eigenvalue weighted by molar-refractivity contribution is -0.105. The Morgan fingerprint density at radius 2 is 1.71 bits per heavy atom. The Kier molecular flexibility index (Phi) is 7.27. The van der Waals surface area contributed by atoms with Crippen LogP contribution in [0.15, 0.2) is 59.8 Å². The Morgan fingerprint density at radius 3 is 2.18 bits per heavy atom. The molecule has 0 saturated carbocycles. The summed E-state index contributed by atoms with van der Waals surface area (Å²) in [5.41, 5.74) is 2.89. The molecule has 90 valence electrons. The highest BCUT2D eigenvalue weighted by Gasteiger charge is 1.96. The maximum absolute atomic E-state index is 10.4. The zero-order valence-corrected chi connectivity index (χ0v) is 10.4. The van der Waals surface area contributed by atoms with Crippen molar-refractivity contribution in [1.29, 1.82) is 0 Å². The van der Waals surface area contributed by atoms with Crippen LogP contribution in [0.25, 0.3) is 0 Å². The maximum atomic E-state index is 10.4. The van der Waals surface area contributed by atoms with Crippen LogP contribution in [0.2, 0.25) is 0 Å². The molecule has 0 unspecified atom stereocenters. The fourth-order valence-electron chi connectivity index (χ4n) is 1.08. The van der Waals surface area contributed by atoms with Gasteiger partial charge in [0.2, 0.25) is 0 Å². The molecule has 0 saturated heterocycles. The van der Waals surface area contributed by atoms with E-state index in [9.17, 15) is 9.59 Å². The average molecular weight is 230 g/mol. The van der Waals surface area contributed by atoms with Gasteiger partial charge < -0.3 is 0 Å². The van der Waals surface area contributed by atoms with E-state index >= 15 is 0 Å². The van der Waals surface area contributed by atoms with Crippen LogP contribution < -0.4 is 0 Å². The van der Waals surface area contributed by atoms with Gasteiger partial charge in [0.1, 0.15) is 12.6 Å². The summed E-state index contributed by atoms with van der Waals surface area (Å²) in [5, 5.41) is 0. The van der Waals surface area contributed by atoms with E-state index in [1.54, 1.807) is 25.2 Å². The molecule has 0 aromatic heterocycles. The van der Waals surface area contributed by atoms with Crippen molar-refractivity contribution in [2.45, 2.75) is 20.3 Å². The molecule has 0 amide bonds. The first-order valence-corrected chi connectivity index (χ1v) is 5.39. The van der Waals surface area contributed by atoms with Crippen LogP contribution in [-0.4, -0.2) is 12.6 Å². The van der Waals surface area contributed by atoms with Gasteiger partial charge in [-0.25, -0.2) is 0 Å². The van der Waals surface area contributed by atoms with Gasteiger partial charge in [0, 0.05) is 5.57 Å². The van der Waals surface area contributed by atoms with E-state index in [-0.39, 0.29) is 0 Å². The molecule has 2 heteroatoms. The highest BCUT2D eigenvalue weighted by atomic mass is 16.1. The predicted molar refractivity (Wildman–Crippen MR) is 71.7 cm³/mol. The van der Waals surface area contributed by atoms with Gasteiger partial charge in [-0.1, -0.05) is 44.4 Å². The molecule has 0 heterocycles. The Morgan fingerprint density at radius 1 is 1.06 bits per heavy atom. The molecule has 17 heavy (non-hydrogen) atoms. The summed E-state index contributed by atoms with van der Waals surface area (Å²) in [6.07, 6.45) is 9.27. The minimum atomic E-state index is 0.404. The third kappa shape index (κ3) is 6.25. The Labute approximate surface area is 103 Å². The predicted octanol–water partition coefficient (Wildman–Crippen LogP) is 3.34. The largest absolute Gasteiger partial charge is 0.298 e. The normalized spacial score (nSPS) is 12.6. The molecule has 0 bridgehead atoms. The summed E-state index contributed by atoms with van der Waals surface area (Å²) in [7, 11) is 0. The summed E-state index contributed by atoms with van der Waals surface area (Å²) < 4.78 is 0. The highest BCUT2D eigenvalue weighted by molar-refractivity contribution is 5.76. The van der Waals surface area contributed by atoms with Crippen molar-refractivity contribution in [1.82, 2.24) is 0 Å². The molecule has 0 rings (SSSR count). The zero-order chi connectivity index (χ0) is 13.3. The van der Waals surface area contributed by atoms with Gasteiger partial charge in [-0.2, -0.15) is 0 Å². The number of carbonyl (C=O) groups excluding carboxylic acids is 2. The second kappa shape index (κ2) is 8.22. The number of aldehydes is 2. The molecular weight excluding hydrogens is 212 g/mol. The van der Waals surface area contributed by atoms with Gasteiger partial charge in [-0.05, 0) is 30.1 Å². The minimum Gasteiger partial charge on any atom is -0.298 e. The van der Waals surface area contributed by atoms with Gasteiger partial charge in [0.15, 0.2) is 0 Å². The first-order valence-electron chi connectivity index (χ1n) is 5.39. The van der Waals surface area contributed by atoms with Gasteiger partial charge >= 0.3 is 0 Å². The van der Waals surface area contributed by atoms with E-state index in [0.717, 1.165) is 23.9 Å². The first kappa shape index (κ1) is 15.0. The van der Waals surface area contributed by atoms with E-state index in [1.807, 2.05) is 13.0 Å². The second-order valence-electron chi connectivity index (χ2n) is 3.63. The molecule has 0 aromatic carbocycles. The van der Waals surface area contributed by atoms with Crippen molar-refractivity contribution in [2.75, 3.05) is 0 Å². The Bertz CT molecular complexity index is 407. The van der Waals surface area contributed by atoms with Crippen LogP contribution in [-0.2, 0) is 9.59 Å². The summed E-state index contributed by atoms with van der Waals surface area (Å²) in [4.78, 5) is 20.8. The van der Waals surface area contributed by atoms with Crippen molar-refractivity contribution in [2.24, 2.45) is 0 Å². The quantitative estimate of drug-likeness (QED) is 0.382. The van der Waals surface area contributed by atoms with Crippen molar-refractivity contribution < 1.29 is 9.59 Å². The molecule has 0 aliphatic rings. The Balaban J connectivity index is 4.84. The number of hydrogen-bond donors (Lipinski definition) is 0. The summed E-state index contributed by atoms with van der Waals surface area (Å²) in [5.74, 6) is 0. The van der Waals surface area contributed by atoms with Crippen LogP contribution in [0.1, 0.15) is 20.3 Å². The lowest BCUT2D eigenvalue weighted by atomic mass is 10.0. The number of allylic oxidation sites excluding steroid dienone is 8. The van der Waals surface area contributed by atoms with Crippen molar-refractivity contribution in [3.8, 4) is 0 Å². The van der Waals surface area contributed by atoms with Gasteiger partial charge in [0.05, 0.1) is 0 Å². The van der Waals surface area contributed by atoms with Gasteiger partial charge in [-0.3, -0.25) is 9.59 Å². The van der Waals surface area contributed by atoms with Crippen molar-refractivity contribution in [3.05, 3.63) is 59.8 Å². The second-order valence-corrected chi connectivity index (χ2v) is 3.63. The third-order valence-electron chi connectivity index (χ3n) is 2.18. The van der Waals surface area contributed by atoms with E-state index in [0.29, 0.717) is 17.4 Å². The fourth-order valence-corrected chi connectivity index (χ4v) is 1.08. The molecule has 0 spiro atoms. The molecule has 0 aliphatic heterocycles. The summed E-state index contributed by atoms with van der Waals surface area (Å²) in [6, 6.07) is 0. The lowest BCUT2D eigenvalue weighted by Gasteiger charge is -2.02. The van der Waals surface area contributed by atoms with E-state index < -0.39 is 0 Å². The maximum Gasteiger partial charge on any atom is 0.149 e. The van der Waals surface area contributed by atoms with Gasteiger partial charge in [0.25, 0.3) is 0 Å². The van der Waals surface area contributed by atoms with Gasteiger partial charge in [-0.15, -0.1) is 0 Å². The van der Waals surface area contributed by atoms with Crippen LogP contribution in [0.4, 0.5) is 0 Å². The van der Waals surface area contributed by atoms with E-state index in [4.69, 9.17) is 0 Å². The molecule has 2 nitrogen and oxygen atoms in total. The number of carbonyl (C=O) groups is 2. The smallest absolute Gasteiger partial charge is 0.149 e. The van der Waals surface area contributed by atoms with Crippen LogP contribution in [0.3, 0.4) is 0 Å². The third-order valence-corrected chi connectivity index (χ3v) is 2.18. The number of hydrogen-bond acceptors (Lipinski definition) is 2. The molecular formula is C15H18O2. The van der Waals surface area contributed by atoms with Crippen LogP contribution in [0.5, 0.6) is 0 Å². The zero-order valence-electron chi connectivity index (χ0n) is 10.4. The molecule has 0 N–H and O–H groups in total. The lowest BCUT2D eigenvalue weighted by Crippen LogP contribution is -1.85. The van der Waals surface area contributed by atoms with Crippen LogP contribution >= 0.6 is 0 Å². The SMILES string of the molecule is C=C(C=O)/C=C\C(=C)/C(=C/C=C(\C)C=O)CC. The standard InChI is InChI=1S/C15H18O2/c1-5-15(9-7-13(3)11-17)14(4)8-6-12(2)10-16/h6-11H,2,4-5H2,1,3H3/b8-6-,13-7+,15-9+. The molecule has 0 aromatic rings. The minimum absolute atomic E-state index is 0.404. The fraction of sp³-hybridized carbons (Fsp3) is 0.200. The van der Waals surface area contributed by atoms with Crippen LogP contribution in [0, 0.1) is 0 Å². The average Bonchev–Trinajstić information content (AvgIpc) is 2.35. The topological polar surface area (TPSA) is 34.1 Å². The number of rotatable bonds is 7. The molecule has 0 fully saturated rings. The Hall–Kier alpha value is -1.96. The van der Waals surface area contributed by atoms with E-state index in [1.165, 1.54) is 0 Å².